The average Bonchev–Trinajstić information content (AvgIpc) is 3.11. The van der Waals surface area contributed by atoms with Gasteiger partial charge in [-0.05, 0) is 42.8 Å². The number of aromatic nitrogens is 1. The minimum Gasteiger partial charge on any atom is -0.478 e. The van der Waals surface area contributed by atoms with Crippen LogP contribution in [0.3, 0.4) is 0 Å². The Balaban J connectivity index is 1.28. The third kappa shape index (κ3) is 3.96. The Labute approximate surface area is 175 Å². The number of ketones is 1. The molecular weight excluding hydrogens is 382 g/mol. The Morgan fingerprint density at radius 3 is 2.80 bits per heavy atom. The van der Waals surface area contributed by atoms with Crippen LogP contribution in [0.4, 0.5) is 0 Å². The van der Waals surface area contributed by atoms with Crippen LogP contribution in [0.2, 0.25) is 0 Å². The predicted octanol–water partition coefficient (Wildman–Crippen LogP) is 2.57. The van der Waals surface area contributed by atoms with E-state index in [1.165, 1.54) is 0 Å². The molecule has 7 heteroatoms. The van der Waals surface area contributed by atoms with Gasteiger partial charge in [0.1, 0.15) is 18.2 Å². The fourth-order valence-electron chi connectivity index (χ4n) is 4.10. The smallest absolute Gasteiger partial charge is 0.231 e. The lowest BCUT2D eigenvalue weighted by atomic mass is 10.0. The van der Waals surface area contributed by atoms with Crippen LogP contribution in [0.1, 0.15) is 27.9 Å². The van der Waals surface area contributed by atoms with Crippen LogP contribution in [0.25, 0.3) is 6.08 Å². The van der Waals surface area contributed by atoms with Crippen molar-refractivity contribution >= 4 is 11.9 Å². The SMILES string of the molecule is O=C1/C(=C/c2cccnc2)Oc2c1ccc1c2CN(CCCN2CCOCC2)CO1. The minimum absolute atomic E-state index is 0.0962. The Morgan fingerprint density at radius 1 is 1.10 bits per heavy atom. The van der Waals surface area contributed by atoms with Crippen molar-refractivity contribution in [3.05, 3.63) is 59.1 Å². The summed E-state index contributed by atoms with van der Waals surface area (Å²) in [5, 5.41) is 0. The predicted molar refractivity (Wildman–Crippen MR) is 111 cm³/mol. The van der Waals surface area contributed by atoms with E-state index in [1.54, 1.807) is 24.5 Å². The highest BCUT2D eigenvalue weighted by molar-refractivity contribution is 6.15. The van der Waals surface area contributed by atoms with Crippen LogP contribution in [0, 0.1) is 0 Å². The molecule has 0 unspecified atom stereocenters. The van der Waals surface area contributed by atoms with E-state index in [4.69, 9.17) is 14.2 Å². The van der Waals surface area contributed by atoms with Gasteiger partial charge < -0.3 is 14.2 Å². The number of Topliss-reactive ketones (excluding diaryl/α,β-unsaturated/α-hetero) is 1. The van der Waals surface area contributed by atoms with Gasteiger partial charge in [-0.25, -0.2) is 0 Å². The third-order valence-corrected chi connectivity index (χ3v) is 5.72. The molecule has 3 aliphatic heterocycles. The van der Waals surface area contributed by atoms with E-state index in [0.717, 1.165) is 69.2 Å². The molecule has 1 aromatic heterocycles. The number of allylic oxidation sites excluding steroid dienone is 1. The van der Waals surface area contributed by atoms with Crippen molar-refractivity contribution in [2.24, 2.45) is 0 Å². The van der Waals surface area contributed by atoms with Crippen molar-refractivity contribution in [1.29, 1.82) is 0 Å². The van der Waals surface area contributed by atoms with E-state index in [-0.39, 0.29) is 5.78 Å². The van der Waals surface area contributed by atoms with Gasteiger partial charge in [-0.1, -0.05) is 6.07 Å². The van der Waals surface area contributed by atoms with Gasteiger partial charge in [-0.3, -0.25) is 19.6 Å². The summed E-state index contributed by atoms with van der Waals surface area (Å²) in [5.41, 5.74) is 2.39. The molecule has 1 fully saturated rings. The second-order valence-electron chi connectivity index (χ2n) is 7.78. The number of hydrogen-bond acceptors (Lipinski definition) is 7. The van der Waals surface area contributed by atoms with E-state index < -0.39 is 0 Å². The fourth-order valence-corrected chi connectivity index (χ4v) is 4.10. The number of pyridine rings is 1. The molecule has 5 rings (SSSR count). The number of morpholine rings is 1. The Kier molecular flexibility index (Phi) is 5.48. The summed E-state index contributed by atoms with van der Waals surface area (Å²) in [4.78, 5) is 21.6. The molecule has 0 amide bonds. The highest BCUT2D eigenvalue weighted by Gasteiger charge is 2.33. The summed E-state index contributed by atoms with van der Waals surface area (Å²) >= 11 is 0. The van der Waals surface area contributed by atoms with Crippen LogP contribution in [-0.2, 0) is 11.3 Å². The molecule has 7 nitrogen and oxygen atoms in total. The van der Waals surface area contributed by atoms with Crippen LogP contribution in [0.5, 0.6) is 11.5 Å². The van der Waals surface area contributed by atoms with Gasteiger partial charge in [-0.2, -0.15) is 0 Å². The summed E-state index contributed by atoms with van der Waals surface area (Å²) in [6.07, 6.45) is 6.22. The molecule has 0 saturated carbocycles. The van der Waals surface area contributed by atoms with Crippen LogP contribution in [0.15, 0.2) is 42.4 Å². The van der Waals surface area contributed by atoms with Gasteiger partial charge in [0, 0.05) is 38.6 Å². The molecule has 0 atom stereocenters. The quantitative estimate of drug-likeness (QED) is 0.706. The van der Waals surface area contributed by atoms with Crippen molar-refractivity contribution in [2.75, 3.05) is 46.1 Å². The lowest BCUT2D eigenvalue weighted by Crippen LogP contribution is -2.39. The van der Waals surface area contributed by atoms with E-state index in [2.05, 4.69) is 14.8 Å². The highest BCUT2D eigenvalue weighted by Crippen LogP contribution is 2.42. The van der Waals surface area contributed by atoms with Crippen molar-refractivity contribution in [2.45, 2.75) is 13.0 Å². The summed E-state index contributed by atoms with van der Waals surface area (Å²) in [6.45, 7) is 6.94. The van der Waals surface area contributed by atoms with E-state index >= 15 is 0 Å². The van der Waals surface area contributed by atoms with Crippen molar-refractivity contribution in [3.8, 4) is 11.5 Å². The maximum Gasteiger partial charge on any atom is 0.231 e. The number of benzene rings is 1. The zero-order valence-corrected chi connectivity index (χ0v) is 16.9. The monoisotopic (exact) mass is 407 g/mol. The maximum atomic E-state index is 12.8. The molecule has 0 radical (unpaired) electrons. The number of carbonyl (C=O) groups excluding carboxylic acids is 1. The second kappa shape index (κ2) is 8.55. The van der Waals surface area contributed by atoms with Crippen LogP contribution < -0.4 is 9.47 Å². The number of rotatable bonds is 5. The number of ether oxygens (including phenoxy) is 3. The average molecular weight is 407 g/mol. The van der Waals surface area contributed by atoms with Gasteiger partial charge >= 0.3 is 0 Å². The highest BCUT2D eigenvalue weighted by atomic mass is 16.5. The zero-order valence-electron chi connectivity index (χ0n) is 16.9. The second-order valence-corrected chi connectivity index (χ2v) is 7.78. The van der Waals surface area contributed by atoms with E-state index in [0.29, 0.717) is 23.8 Å². The molecule has 1 saturated heterocycles. The maximum absolute atomic E-state index is 12.8. The summed E-state index contributed by atoms with van der Waals surface area (Å²) < 4.78 is 17.4. The topological polar surface area (TPSA) is 64.1 Å². The van der Waals surface area contributed by atoms with Crippen molar-refractivity contribution in [1.82, 2.24) is 14.8 Å². The first-order valence-electron chi connectivity index (χ1n) is 10.4. The van der Waals surface area contributed by atoms with E-state index in [9.17, 15) is 4.79 Å². The lowest BCUT2D eigenvalue weighted by molar-refractivity contribution is 0.0329. The first kappa shape index (κ1) is 19.2. The van der Waals surface area contributed by atoms with Crippen LogP contribution >= 0.6 is 0 Å². The van der Waals surface area contributed by atoms with Gasteiger partial charge in [-0.15, -0.1) is 0 Å². The number of nitrogens with zero attached hydrogens (tertiary/aromatic N) is 3. The van der Waals surface area contributed by atoms with Crippen LogP contribution in [-0.4, -0.2) is 66.7 Å². The van der Waals surface area contributed by atoms with Gasteiger partial charge in [0.25, 0.3) is 0 Å². The summed E-state index contributed by atoms with van der Waals surface area (Å²) in [5.74, 6) is 1.66. The normalized spacial score (nSPS) is 20.5. The Hall–Kier alpha value is -2.74. The molecule has 0 N–H and O–H groups in total. The molecule has 30 heavy (non-hydrogen) atoms. The molecule has 0 spiro atoms. The molecule has 2 aromatic rings. The minimum atomic E-state index is -0.0962. The molecular formula is C23H25N3O4. The number of hydrogen-bond donors (Lipinski definition) is 0. The third-order valence-electron chi connectivity index (χ3n) is 5.72. The standard InChI is InChI=1S/C23H25N3O4/c27-22-18-4-5-20-19(23(18)30-21(22)13-17-3-1-6-24-14-17)15-26(16-29-20)8-2-7-25-9-11-28-12-10-25/h1,3-6,13-14H,2,7-12,15-16H2/b21-13-. The molecule has 3 aliphatic rings. The molecule has 1 aromatic carbocycles. The summed E-state index contributed by atoms with van der Waals surface area (Å²) in [7, 11) is 0. The largest absolute Gasteiger partial charge is 0.478 e. The molecule has 156 valence electrons. The molecule has 4 heterocycles. The molecule has 0 bridgehead atoms. The first-order valence-corrected chi connectivity index (χ1v) is 10.4. The van der Waals surface area contributed by atoms with Crippen molar-refractivity contribution in [3.63, 3.8) is 0 Å². The number of fused-ring (bicyclic) bond motifs is 3. The summed E-state index contributed by atoms with van der Waals surface area (Å²) in [6, 6.07) is 7.42. The molecule has 0 aliphatic carbocycles. The first-order chi connectivity index (χ1) is 14.8. The zero-order chi connectivity index (χ0) is 20.3. The lowest BCUT2D eigenvalue weighted by Gasteiger charge is -2.31. The number of carbonyl (C=O) groups is 1. The Bertz CT molecular complexity index is 954. The Morgan fingerprint density at radius 2 is 1.97 bits per heavy atom. The van der Waals surface area contributed by atoms with Gasteiger partial charge in [0.05, 0.1) is 24.3 Å². The van der Waals surface area contributed by atoms with Crippen molar-refractivity contribution < 1.29 is 19.0 Å². The van der Waals surface area contributed by atoms with E-state index in [1.807, 2.05) is 18.2 Å². The fraction of sp³-hybridized carbons (Fsp3) is 0.391. The van der Waals surface area contributed by atoms with Gasteiger partial charge in [0.2, 0.25) is 5.78 Å². The van der Waals surface area contributed by atoms with Gasteiger partial charge in [0.15, 0.2) is 5.76 Å².